The lowest BCUT2D eigenvalue weighted by Crippen LogP contribution is -2.22. The van der Waals surface area contributed by atoms with Crippen LogP contribution in [0.4, 0.5) is 5.69 Å². The van der Waals surface area contributed by atoms with E-state index in [1.165, 1.54) is 60.0 Å². The van der Waals surface area contributed by atoms with Crippen molar-refractivity contribution in [3.05, 3.63) is 93.2 Å². The van der Waals surface area contributed by atoms with Crippen LogP contribution in [0, 0.1) is 0 Å². The number of anilines is 1. The van der Waals surface area contributed by atoms with Crippen molar-refractivity contribution >= 4 is 38.7 Å². The molecule has 3 N–H and O–H groups in total. The van der Waals surface area contributed by atoms with Gasteiger partial charge < -0.3 is 15.6 Å². The molecule has 5 rings (SSSR count). The zero-order valence-electron chi connectivity index (χ0n) is 17.4. The SMILES string of the molecule is O=C(NCc1cnc(-c2cc(=O)cc[nH]2)s1)c1ccc2c(c1)NC(=O)c1ccccc1S2(=O)=O. The number of nitrogens with one attached hydrogen (secondary N) is 3. The number of aromatic nitrogens is 2. The molecule has 11 heteroatoms. The molecule has 0 fully saturated rings. The van der Waals surface area contributed by atoms with Gasteiger partial charge in [-0.1, -0.05) is 12.1 Å². The summed E-state index contributed by atoms with van der Waals surface area (Å²) in [5, 5.41) is 5.97. The lowest BCUT2D eigenvalue weighted by molar-refractivity contribution is 0.0949. The Kier molecular flexibility index (Phi) is 5.34. The lowest BCUT2D eigenvalue weighted by atomic mass is 10.1. The molecule has 9 nitrogen and oxygen atoms in total. The summed E-state index contributed by atoms with van der Waals surface area (Å²) >= 11 is 1.32. The monoisotopic (exact) mass is 492 g/mol. The van der Waals surface area contributed by atoms with Gasteiger partial charge in [-0.15, -0.1) is 11.3 Å². The number of hydrogen-bond acceptors (Lipinski definition) is 7. The summed E-state index contributed by atoms with van der Waals surface area (Å²) in [6.07, 6.45) is 3.14. The Hall–Kier alpha value is -4.09. The van der Waals surface area contributed by atoms with Crippen LogP contribution in [-0.2, 0) is 16.4 Å². The first-order valence-corrected chi connectivity index (χ1v) is 12.3. The fourth-order valence-electron chi connectivity index (χ4n) is 3.55. The number of H-pyrrole nitrogens is 1. The fourth-order valence-corrected chi connectivity index (χ4v) is 5.98. The molecule has 2 aromatic heterocycles. The summed E-state index contributed by atoms with van der Waals surface area (Å²) in [5.74, 6) is -1.01. The molecular weight excluding hydrogens is 476 g/mol. The third-order valence-electron chi connectivity index (χ3n) is 5.18. The van der Waals surface area contributed by atoms with Gasteiger partial charge in [-0.3, -0.25) is 14.4 Å². The zero-order chi connectivity index (χ0) is 23.9. The average molecular weight is 493 g/mol. The highest BCUT2D eigenvalue weighted by atomic mass is 32.2. The molecule has 0 aliphatic carbocycles. The summed E-state index contributed by atoms with van der Waals surface area (Å²) in [4.78, 5) is 44.7. The number of amides is 2. The van der Waals surface area contributed by atoms with Gasteiger partial charge in [0, 0.05) is 35.0 Å². The number of aromatic amines is 1. The van der Waals surface area contributed by atoms with Gasteiger partial charge in [-0.05, 0) is 30.3 Å². The first kappa shape index (κ1) is 21.7. The van der Waals surface area contributed by atoms with Gasteiger partial charge in [0.1, 0.15) is 5.01 Å². The van der Waals surface area contributed by atoms with Crippen molar-refractivity contribution in [1.29, 1.82) is 0 Å². The van der Waals surface area contributed by atoms with Gasteiger partial charge in [0.25, 0.3) is 11.8 Å². The van der Waals surface area contributed by atoms with Gasteiger partial charge in [0.05, 0.1) is 33.3 Å². The van der Waals surface area contributed by atoms with E-state index in [9.17, 15) is 22.8 Å². The van der Waals surface area contributed by atoms with Crippen LogP contribution in [0.1, 0.15) is 25.6 Å². The van der Waals surface area contributed by atoms with E-state index in [4.69, 9.17) is 0 Å². The van der Waals surface area contributed by atoms with Crippen LogP contribution >= 0.6 is 11.3 Å². The number of thiazole rings is 1. The third-order valence-corrected chi connectivity index (χ3v) is 8.08. The van der Waals surface area contributed by atoms with Gasteiger partial charge in [0.2, 0.25) is 9.84 Å². The van der Waals surface area contributed by atoms with Crippen molar-refractivity contribution < 1.29 is 18.0 Å². The van der Waals surface area contributed by atoms with Crippen LogP contribution in [0.3, 0.4) is 0 Å². The van der Waals surface area contributed by atoms with Crippen molar-refractivity contribution in [3.63, 3.8) is 0 Å². The maximum Gasteiger partial charge on any atom is 0.257 e. The van der Waals surface area contributed by atoms with E-state index in [0.29, 0.717) is 10.7 Å². The molecule has 2 amide bonds. The van der Waals surface area contributed by atoms with Crippen molar-refractivity contribution in [2.45, 2.75) is 16.3 Å². The number of pyridine rings is 1. The Labute approximate surface area is 197 Å². The molecule has 0 atom stereocenters. The minimum atomic E-state index is -3.94. The summed E-state index contributed by atoms with van der Waals surface area (Å²) in [6, 6.07) is 12.9. The molecular formula is C23H16N4O5S2. The fraction of sp³-hybridized carbons (Fsp3) is 0.0435. The number of carbonyl (C=O) groups is 2. The molecule has 0 saturated heterocycles. The van der Waals surface area contributed by atoms with Gasteiger partial charge >= 0.3 is 0 Å². The standard InChI is InChI=1S/C23H16N4O5S2/c28-14-7-8-24-18(10-14)23-26-12-15(33-23)11-25-21(29)13-5-6-20-17(9-13)27-22(30)16-3-1-2-4-19(16)34(20,31)32/h1-10,12H,11H2,(H,24,28)(H,25,29)(H,27,30). The summed E-state index contributed by atoms with van der Waals surface area (Å²) in [5.41, 5.74) is 0.725. The van der Waals surface area contributed by atoms with Crippen molar-refractivity contribution in [3.8, 4) is 10.7 Å². The molecule has 0 bridgehead atoms. The molecule has 34 heavy (non-hydrogen) atoms. The smallest absolute Gasteiger partial charge is 0.257 e. The molecule has 4 aromatic rings. The lowest BCUT2D eigenvalue weighted by Gasteiger charge is -2.10. The normalized spacial score (nSPS) is 13.8. The molecule has 1 aliphatic rings. The van der Waals surface area contributed by atoms with Gasteiger partial charge in [-0.2, -0.15) is 0 Å². The Morgan fingerprint density at radius 3 is 2.68 bits per heavy atom. The molecule has 170 valence electrons. The largest absolute Gasteiger partial charge is 0.359 e. The topological polar surface area (TPSA) is 138 Å². The van der Waals surface area contributed by atoms with Crippen molar-refractivity contribution in [2.24, 2.45) is 0 Å². The Morgan fingerprint density at radius 2 is 1.85 bits per heavy atom. The van der Waals surface area contributed by atoms with E-state index in [0.717, 1.165) is 4.88 Å². The number of hydrogen-bond donors (Lipinski definition) is 3. The van der Waals surface area contributed by atoms with Crippen LogP contribution in [0.5, 0.6) is 0 Å². The minimum Gasteiger partial charge on any atom is -0.359 e. The second kappa shape index (κ2) is 8.36. The highest BCUT2D eigenvalue weighted by Crippen LogP contribution is 2.34. The average Bonchev–Trinajstić information content (AvgIpc) is 3.28. The molecule has 0 saturated carbocycles. The van der Waals surface area contributed by atoms with E-state index in [-0.39, 0.29) is 38.6 Å². The summed E-state index contributed by atoms with van der Waals surface area (Å²) in [6.45, 7) is 0.181. The number of nitrogens with zero attached hydrogens (tertiary/aromatic N) is 1. The summed E-state index contributed by atoms with van der Waals surface area (Å²) < 4.78 is 26.1. The molecule has 3 heterocycles. The maximum atomic E-state index is 13.1. The second-order valence-electron chi connectivity index (χ2n) is 7.42. The molecule has 0 radical (unpaired) electrons. The van der Waals surface area contributed by atoms with Crippen LogP contribution < -0.4 is 16.1 Å². The molecule has 0 spiro atoms. The van der Waals surface area contributed by atoms with E-state index in [1.54, 1.807) is 18.3 Å². The first-order valence-electron chi connectivity index (χ1n) is 10.0. The second-order valence-corrected chi connectivity index (χ2v) is 10.4. The summed E-state index contributed by atoms with van der Waals surface area (Å²) in [7, 11) is -3.94. The quantitative estimate of drug-likeness (QED) is 0.401. The molecule has 1 aliphatic heterocycles. The van der Waals surface area contributed by atoms with E-state index >= 15 is 0 Å². The third kappa shape index (κ3) is 3.91. The predicted molar refractivity (Wildman–Crippen MR) is 126 cm³/mol. The van der Waals surface area contributed by atoms with Gasteiger partial charge in [0.15, 0.2) is 5.43 Å². The van der Waals surface area contributed by atoms with Crippen LogP contribution in [0.2, 0.25) is 0 Å². The molecule has 2 aromatic carbocycles. The van der Waals surface area contributed by atoms with Crippen LogP contribution in [0.25, 0.3) is 10.7 Å². The minimum absolute atomic E-state index is 0.0435. The Bertz CT molecular complexity index is 1620. The van der Waals surface area contributed by atoms with Gasteiger partial charge in [-0.25, -0.2) is 13.4 Å². The number of fused-ring (bicyclic) bond motifs is 2. The van der Waals surface area contributed by atoms with E-state index in [2.05, 4.69) is 20.6 Å². The van der Waals surface area contributed by atoms with E-state index in [1.807, 2.05) is 0 Å². The van der Waals surface area contributed by atoms with Crippen LogP contribution in [-0.4, -0.2) is 30.2 Å². The van der Waals surface area contributed by atoms with E-state index < -0.39 is 21.7 Å². The number of sulfone groups is 1. The Morgan fingerprint density at radius 1 is 1.03 bits per heavy atom. The Balaban J connectivity index is 1.36. The zero-order valence-corrected chi connectivity index (χ0v) is 19.0. The highest BCUT2D eigenvalue weighted by Gasteiger charge is 2.31. The predicted octanol–water partition coefficient (Wildman–Crippen LogP) is 2.83. The number of benzene rings is 2. The molecule has 0 unspecified atom stereocenters. The number of carbonyl (C=O) groups excluding carboxylic acids is 2. The maximum absolute atomic E-state index is 13.1. The number of rotatable bonds is 4. The first-order chi connectivity index (χ1) is 16.3. The van der Waals surface area contributed by atoms with Crippen molar-refractivity contribution in [1.82, 2.24) is 15.3 Å². The van der Waals surface area contributed by atoms with Crippen LogP contribution in [0.15, 0.2) is 81.6 Å². The highest BCUT2D eigenvalue weighted by molar-refractivity contribution is 7.91. The van der Waals surface area contributed by atoms with Crippen molar-refractivity contribution in [2.75, 3.05) is 5.32 Å².